The summed E-state index contributed by atoms with van der Waals surface area (Å²) in [4.78, 5) is 19.2. The first kappa shape index (κ1) is 32.9. The maximum atomic E-state index is 9.60. The van der Waals surface area contributed by atoms with Gasteiger partial charge in [0.05, 0.1) is 13.2 Å². The first-order valence-electron chi connectivity index (χ1n) is 8.53. The number of hydrogen-bond acceptors (Lipinski definition) is 6. The molecule has 8 nitrogen and oxygen atoms in total. The fourth-order valence-electron chi connectivity index (χ4n) is 0.627. The third-order valence-corrected chi connectivity index (χ3v) is 2.65. The van der Waals surface area contributed by atoms with Crippen molar-refractivity contribution in [2.45, 2.75) is 53.4 Å². The predicted octanol–water partition coefficient (Wildman–Crippen LogP) is 1.82. The van der Waals surface area contributed by atoms with E-state index in [4.69, 9.17) is 30.6 Å². The summed E-state index contributed by atoms with van der Waals surface area (Å²) in [5, 5.41) is 49.3. The number of hydrogen-bond donors (Lipinski definition) is 6. The Morgan fingerprint density at radius 3 is 1.00 bits per heavy atom. The van der Waals surface area contributed by atoms with Gasteiger partial charge in [0.25, 0.3) is 0 Å². The van der Waals surface area contributed by atoms with Crippen molar-refractivity contribution < 1.29 is 40.2 Å². The minimum absolute atomic E-state index is 0.0451. The van der Waals surface area contributed by atoms with E-state index >= 15 is 0 Å². The Balaban J connectivity index is -0.000000132. The molecule has 0 saturated heterocycles. The summed E-state index contributed by atoms with van der Waals surface area (Å²) in [6, 6.07) is 0. The van der Waals surface area contributed by atoms with Crippen molar-refractivity contribution in [2.24, 2.45) is 5.41 Å². The Bertz CT molecular complexity index is 343. The summed E-state index contributed by atoms with van der Waals surface area (Å²) in [7, 11) is 0. The molecule has 0 aliphatic carbocycles. The van der Waals surface area contributed by atoms with Gasteiger partial charge in [-0.2, -0.15) is 0 Å². The van der Waals surface area contributed by atoms with Crippen molar-refractivity contribution in [3.8, 4) is 0 Å². The van der Waals surface area contributed by atoms with Gasteiger partial charge in [0.15, 0.2) is 0 Å². The van der Waals surface area contributed by atoms with Crippen molar-refractivity contribution in [3.05, 3.63) is 24.3 Å². The molecule has 6 N–H and O–H groups in total. The zero-order valence-electron chi connectivity index (χ0n) is 17.1. The highest BCUT2D eigenvalue weighted by atomic mass is 16.4. The topological polar surface area (TPSA) is 156 Å². The van der Waals surface area contributed by atoms with Crippen LogP contribution in [0.1, 0.15) is 53.4 Å². The zero-order chi connectivity index (χ0) is 22.5. The SMILES string of the molecule is C=C(C)C(=O)O.C=C(C)C(=O)O.CC(C)(CO)CO.OCCCCCCO. The average Bonchev–Trinajstić information content (AvgIpc) is 2.60. The summed E-state index contributed by atoms with van der Waals surface area (Å²) in [5.74, 6) is -1.87. The molecule has 27 heavy (non-hydrogen) atoms. The van der Waals surface area contributed by atoms with Crippen LogP contribution in [0.5, 0.6) is 0 Å². The summed E-state index contributed by atoms with van der Waals surface area (Å²) in [6.07, 6.45) is 3.83. The summed E-state index contributed by atoms with van der Waals surface area (Å²) in [6.45, 7) is 13.5. The average molecular weight is 395 g/mol. The van der Waals surface area contributed by atoms with Crippen molar-refractivity contribution in [2.75, 3.05) is 26.4 Å². The first-order valence-corrected chi connectivity index (χ1v) is 8.53. The Hall–Kier alpha value is -1.74. The van der Waals surface area contributed by atoms with Gasteiger partial charge in [0.2, 0.25) is 0 Å². The third kappa shape index (κ3) is 40.4. The second-order valence-corrected chi connectivity index (χ2v) is 6.51. The van der Waals surface area contributed by atoms with Crippen LogP contribution in [0.15, 0.2) is 24.3 Å². The molecule has 0 spiro atoms. The van der Waals surface area contributed by atoms with Crippen LogP contribution in [0.4, 0.5) is 0 Å². The van der Waals surface area contributed by atoms with Crippen molar-refractivity contribution >= 4 is 11.9 Å². The normalized spacial score (nSPS) is 9.33. The van der Waals surface area contributed by atoms with Crippen LogP contribution in [-0.4, -0.2) is 69.0 Å². The Labute approximate surface area is 162 Å². The van der Waals surface area contributed by atoms with E-state index in [1.54, 1.807) is 13.8 Å². The van der Waals surface area contributed by atoms with Gasteiger partial charge in [0.1, 0.15) is 0 Å². The standard InChI is InChI=1S/C6H14O2.C5H12O2.2C4H6O2/c7-5-3-1-2-4-6-8;1-5(2,3-6)4-7;2*1-3(2)4(5)6/h7-8H,1-6H2;6-7H,3-4H2,1-2H3;2*1H2,2H3,(H,5,6). The molecular formula is C19H38O8. The highest BCUT2D eigenvalue weighted by molar-refractivity contribution is 5.85. The molecule has 0 aromatic carbocycles. The van der Waals surface area contributed by atoms with E-state index in [2.05, 4.69) is 13.2 Å². The fourth-order valence-corrected chi connectivity index (χ4v) is 0.627. The molecule has 0 bridgehead atoms. The number of unbranched alkanes of at least 4 members (excludes halogenated alkanes) is 3. The lowest BCUT2D eigenvalue weighted by Crippen LogP contribution is -2.20. The first-order chi connectivity index (χ1) is 12.3. The quantitative estimate of drug-likeness (QED) is 0.255. The second kappa shape index (κ2) is 22.3. The molecule has 0 amide bonds. The summed E-state index contributed by atoms with van der Waals surface area (Å²) < 4.78 is 0. The number of carbonyl (C=O) groups is 2. The maximum Gasteiger partial charge on any atom is 0.330 e. The molecule has 0 rings (SSSR count). The number of carboxylic acid groups (broad SMARTS) is 2. The smallest absolute Gasteiger partial charge is 0.330 e. The van der Waals surface area contributed by atoms with Gasteiger partial charge >= 0.3 is 11.9 Å². The molecule has 0 radical (unpaired) electrons. The van der Waals surface area contributed by atoms with Crippen LogP contribution in [0.2, 0.25) is 0 Å². The lowest BCUT2D eigenvalue weighted by molar-refractivity contribution is -0.133. The van der Waals surface area contributed by atoms with Crippen molar-refractivity contribution in [1.82, 2.24) is 0 Å². The van der Waals surface area contributed by atoms with Gasteiger partial charge in [-0.3, -0.25) is 0 Å². The van der Waals surface area contributed by atoms with E-state index in [1.165, 1.54) is 13.8 Å². The summed E-state index contributed by atoms with van der Waals surface area (Å²) >= 11 is 0. The van der Waals surface area contributed by atoms with Crippen LogP contribution >= 0.6 is 0 Å². The van der Waals surface area contributed by atoms with Crippen LogP contribution in [-0.2, 0) is 9.59 Å². The molecule has 0 saturated carbocycles. The molecule has 162 valence electrons. The van der Waals surface area contributed by atoms with Crippen LogP contribution in [0.3, 0.4) is 0 Å². The molecule has 0 aliphatic heterocycles. The minimum atomic E-state index is -0.935. The van der Waals surface area contributed by atoms with Gasteiger partial charge in [-0.15, -0.1) is 0 Å². The van der Waals surface area contributed by atoms with E-state index in [0.717, 1.165) is 25.7 Å². The molecule has 0 unspecified atom stereocenters. The molecule has 0 fully saturated rings. The Morgan fingerprint density at radius 1 is 0.704 bits per heavy atom. The number of rotatable bonds is 9. The van der Waals surface area contributed by atoms with E-state index in [9.17, 15) is 9.59 Å². The van der Waals surface area contributed by atoms with E-state index in [-0.39, 0.29) is 43.0 Å². The number of carboxylic acids is 2. The molecule has 8 heteroatoms. The van der Waals surface area contributed by atoms with E-state index in [0.29, 0.717) is 0 Å². The monoisotopic (exact) mass is 394 g/mol. The molecule has 0 aromatic rings. The van der Waals surface area contributed by atoms with E-state index < -0.39 is 11.9 Å². The van der Waals surface area contributed by atoms with Gasteiger partial charge in [-0.05, 0) is 26.7 Å². The van der Waals surface area contributed by atoms with Gasteiger partial charge < -0.3 is 30.6 Å². The Morgan fingerprint density at radius 2 is 0.926 bits per heavy atom. The lowest BCUT2D eigenvalue weighted by Gasteiger charge is -2.16. The van der Waals surface area contributed by atoms with Gasteiger partial charge in [0, 0.05) is 29.8 Å². The Kier molecular flexibility index (Phi) is 27.2. The summed E-state index contributed by atoms with van der Waals surface area (Å²) in [5.41, 5.74) is 0.0463. The maximum absolute atomic E-state index is 9.60. The zero-order valence-corrected chi connectivity index (χ0v) is 17.1. The van der Waals surface area contributed by atoms with Crippen molar-refractivity contribution in [3.63, 3.8) is 0 Å². The highest BCUT2D eigenvalue weighted by Crippen LogP contribution is 2.10. The highest BCUT2D eigenvalue weighted by Gasteiger charge is 2.13. The molecule has 0 aliphatic rings. The largest absolute Gasteiger partial charge is 0.478 e. The van der Waals surface area contributed by atoms with Crippen LogP contribution < -0.4 is 0 Å². The molecule has 0 atom stereocenters. The predicted molar refractivity (Wildman–Crippen MR) is 105 cm³/mol. The van der Waals surface area contributed by atoms with Gasteiger partial charge in [-0.1, -0.05) is 39.8 Å². The minimum Gasteiger partial charge on any atom is -0.478 e. The van der Waals surface area contributed by atoms with Crippen LogP contribution in [0, 0.1) is 5.41 Å². The number of aliphatic hydroxyl groups excluding tert-OH is 4. The van der Waals surface area contributed by atoms with Gasteiger partial charge in [-0.25, -0.2) is 9.59 Å². The van der Waals surface area contributed by atoms with E-state index in [1.807, 2.05) is 0 Å². The molecular weight excluding hydrogens is 356 g/mol. The number of aliphatic carboxylic acids is 2. The molecule has 0 heterocycles. The third-order valence-electron chi connectivity index (χ3n) is 2.65. The molecule has 0 aromatic heterocycles. The number of aliphatic hydroxyl groups is 4. The van der Waals surface area contributed by atoms with Crippen molar-refractivity contribution in [1.29, 1.82) is 0 Å². The van der Waals surface area contributed by atoms with Crippen LogP contribution in [0.25, 0.3) is 0 Å². The second-order valence-electron chi connectivity index (χ2n) is 6.51. The fraction of sp³-hybridized carbons (Fsp3) is 0.684. The lowest BCUT2D eigenvalue weighted by atomic mass is 9.97.